The van der Waals surface area contributed by atoms with Crippen molar-refractivity contribution in [2.24, 2.45) is 0 Å². The molecule has 0 radical (unpaired) electrons. The van der Waals surface area contributed by atoms with Crippen LogP contribution < -0.4 is 61.6 Å². The van der Waals surface area contributed by atoms with Crippen molar-refractivity contribution in [3.63, 3.8) is 0 Å². The Hall–Kier alpha value is -0.279. The number of nitrogens with zero attached hydrogens (tertiary/aromatic N) is 2. The molecule has 1 aromatic heterocycles. The first kappa shape index (κ1) is 18.8. The van der Waals surface area contributed by atoms with Crippen molar-refractivity contribution in [3.8, 4) is 5.75 Å². The first-order valence-electron chi connectivity index (χ1n) is 6.34. The maximum absolute atomic E-state index is 13.0. The van der Waals surface area contributed by atoms with Gasteiger partial charge in [-0.3, -0.25) is 4.68 Å². The van der Waals surface area contributed by atoms with E-state index in [4.69, 9.17) is 4.74 Å². The predicted octanol–water partition coefficient (Wildman–Crippen LogP) is -0.151. The summed E-state index contributed by atoms with van der Waals surface area (Å²) < 4.78 is 45.9. The minimum absolute atomic E-state index is 0. The normalized spacial score (nSPS) is 11.1. The standard InChI is InChI=1S/C13H15BF3N2O.K/c1-3-19-8-11(7-18-19)9-20-13-5-4-10(2)6-12(13)14(15,16)17;/h4-8H,3,9H2,1-2H3;/q-1;+1. The van der Waals surface area contributed by atoms with E-state index in [0.29, 0.717) is 12.1 Å². The van der Waals surface area contributed by atoms with Gasteiger partial charge in [-0.2, -0.15) is 5.10 Å². The number of hydrogen-bond acceptors (Lipinski definition) is 2. The second-order valence-corrected chi connectivity index (χ2v) is 4.61. The fourth-order valence-corrected chi connectivity index (χ4v) is 1.87. The van der Waals surface area contributed by atoms with Crippen molar-refractivity contribution in [3.05, 3.63) is 41.7 Å². The van der Waals surface area contributed by atoms with Gasteiger partial charge in [0.05, 0.1) is 11.9 Å². The first-order chi connectivity index (χ1) is 9.40. The summed E-state index contributed by atoms with van der Waals surface area (Å²) in [4.78, 5) is 0. The van der Waals surface area contributed by atoms with Crippen molar-refractivity contribution in [2.75, 3.05) is 0 Å². The molecule has 0 N–H and O–H groups in total. The molecule has 0 amide bonds. The minimum atomic E-state index is -5.08. The van der Waals surface area contributed by atoms with Crippen LogP contribution in [0.4, 0.5) is 12.9 Å². The van der Waals surface area contributed by atoms with Crippen LogP contribution in [-0.4, -0.2) is 16.8 Å². The summed E-state index contributed by atoms with van der Waals surface area (Å²) >= 11 is 0. The molecule has 0 saturated carbocycles. The molecule has 0 unspecified atom stereocenters. The summed E-state index contributed by atoms with van der Waals surface area (Å²) in [6.45, 7) is -0.745. The van der Waals surface area contributed by atoms with Crippen LogP contribution in [0.2, 0.25) is 0 Å². The van der Waals surface area contributed by atoms with Crippen molar-refractivity contribution >= 4 is 12.4 Å². The van der Waals surface area contributed by atoms with E-state index >= 15 is 0 Å². The Morgan fingerprint density at radius 2 is 2.00 bits per heavy atom. The SMILES string of the molecule is CCn1cc(COc2ccc(C)cc2[B-](F)(F)F)cn1.[K+]. The Bertz CT molecular complexity index is 601. The topological polar surface area (TPSA) is 27.1 Å². The van der Waals surface area contributed by atoms with Crippen LogP contribution in [0.3, 0.4) is 0 Å². The van der Waals surface area contributed by atoms with Gasteiger partial charge in [-0.1, -0.05) is 23.2 Å². The van der Waals surface area contributed by atoms with E-state index in [1.807, 2.05) is 6.92 Å². The Morgan fingerprint density at radius 1 is 1.29 bits per heavy atom. The van der Waals surface area contributed by atoms with Gasteiger partial charge in [-0.05, 0) is 19.9 Å². The van der Waals surface area contributed by atoms with Crippen LogP contribution in [0.5, 0.6) is 5.75 Å². The average Bonchev–Trinajstić information content (AvgIpc) is 2.84. The van der Waals surface area contributed by atoms with E-state index < -0.39 is 12.4 Å². The van der Waals surface area contributed by atoms with E-state index in [9.17, 15) is 12.9 Å². The molecular formula is C13H15BF3KN2O. The molecule has 0 fully saturated rings. The Morgan fingerprint density at radius 3 is 2.57 bits per heavy atom. The third-order valence-electron chi connectivity index (χ3n) is 2.92. The van der Waals surface area contributed by atoms with Crippen LogP contribution in [-0.2, 0) is 13.2 Å². The van der Waals surface area contributed by atoms with Crippen molar-refractivity contribution in [2.45, 2.75) is 27.0 Å². The Balaban J connectivity index is 0.00000220. The van der Waals surface area contributed by atoms with E-state index in [2.05, 4.69) is 5.10 Å². The molecule has 1 heterocycles. The van der Waals surface area contributed by atoms with Crippen LogP contribution in [0.15, 0.2) is 30.6 Å². The zero-order valence-corrected chi connectivity index (χ0v) is 15.4. The molecule has 0 saturated heterocycles. The molecule has 8 heteroatoms. The van der Waals surface area contributed by atoms with Gasteiger partial charge < -0.3 is 17.7 Å². The van der Waals surface area contributed by atoms with E-state index in [0.717, 1.165) is 11.6 Å². The second-order valence-electron chi connectivity index (χ2n) is 4.61. The largest absolute Gasteiger partial charge is 1.00 e. The summed E-state index contributed by atoms with van der Waals surface area (Å²) in [5.74, 6) is -0.132. The molecule has 21 heavy (non-hydrogen) atoms. The maximum atomic E-state index is 13.0. The van der Waals surface area contributed by atoms with Gasteiger partial charge in [0, 0.05) is 18.3 Å². The summed E-state index contributed by atoms with van der Waals surface area (Å²) in [6, 6.07) is 4.09. The van der Waals surface area contributed by atoms with Crippen LogP contribution >= 0.6 is 0 Å². The van der Waals surface area contributed by atoms with Gasteiger partial charge in [0.1, 0.15) is 6.61 Å². The first-order valence-corrected chi connectivity index (χ1v) is 6.34. The molecule has 2 aromatic rings. The number of halogens is 3. The van der Waals surface area contributed by atoms with Gasteiger partial charge in [-0.15, -0.1) is 0 Å². The molecule has 0 aliphatic rings. The minimum Gasteiger partial charge on any atom is -0.492 e. The zero-order valence-electron chi connectivity index (χ0n) is 12.3. The van der Waals surface area contributed by atoms with Crippen LogP contribution in [0.25, 0.3) is 0 Å². The number of hydrogen-bond donors (Lipinski definition) is 0. The summed E-state index contributed by atoms with van der Waals surface area (Å²) in [5.41, 5.74) is 0.617. The van der Waals surface area contributed by atoms with Crippen molar-refractivity contribution < 1.29 is 69.1 Å². The smallest absolute Gasteiger partial charge is 0.492 e. The quantitative estimate of drug-likeness (QED) is 0.716. The predicted molar refractivity (Wildman–Crippen MR) is 72.1 cm³/mol. The number of ether oxygens (including phenoxy) is 1. The monoisotopic (exact) mass is 322 g/mol. The summed E-state index contributed by atoms with van der Waals surface area (Å²) in [7, 11) is 0. The number of aromatic nitrogens is 2. The van der Waals surface area contributed by atoms with Gasteiger partial charge in [-0.25, -0.2) is 0 Å². The number of rotatable bonds is 5. The average molecular weight is 322 g/mol. The summed E-state index contributed by atoms with van der Waals surface area (Å²) in [5, 5.41) is 4.05. The van der Waals surface area contributed by atoms with E-state index in [1.54, 1.807) is 30.1 Å². The van der Waals surface area contributed by atoms with Gasteiger partial charge in [0.25, 0.3) is 0 Å². The zero-order chi connectivity index (χ0) is 14.8. The molecule has 108 valence electrons. The van der Waals surface area contributed by atoms with Gasteiger partial charge in [0.2, 0.25) is 0 Å². The van der Waals surface area contributed by atoms with Crippen molar-refractivity contribution in [1.29, 1.82) is 0 Å². The van der Waals surface area contributed by atoms with Crippen LogP contribution in [0.1, 0.15) is 18.1 Å². The third-order valence-corrected chi connectivity index (χ3v) is 2.92. The fourth-order valence-electron chi connectivity index (χ4n) is 1.87. The fraction of sp³-hybridized carbons (Fsp3) is 0.308. The van der Waals surface area contributed by atoms with E-state index in [-0.39, 0.29) is 63.7 Å². The second kappa shape index (κ2) is 7.82. The molecular weight excluding hydrogens is 307 g/mol. The molecule has 0 bridgehead atoms. The Kier molecular flexibility index (Phi) is 6.99. The third kappa shape index (κ3) is 5.14. The number of aryl methyl sites for hydroxylation is 2. The summed E-state index contributed by atoms with van der Waals surface area (Å²) in [6.07, 6.45) is 3.35. The molecule has 0 aliphatic heterocycles. The van der Waals surface area contributed by atoms with Gasteiger partial charge >= 0.3 is 58.4 Å². The van der Waals surface area contributed by atoms with Crippen LogP contribution in [0, 0.1) is 6.92 Å². The van der Waals surface area contributed by atoms with Crippen molar-refractivity contribution in [1.82, 2.24) is 9.78 Å². The molecule has 1 aromatic carbocycles. The number of benzene rings is 1. The van der Waals surface area contributed by atoms with E-state index in [1.165, 1.54) is 6.07 Å². The Labute approximate surface area is 164 Å². The molecule has 0 spiro atoms. The molecule has 3 nitrogen and oxygen atoms in total. The molecule has 0 aliphatic carbocycles. The molecule has 2 rings (SSSR count). The van der Waals surface area contributed by atoms with Gasteiger partial charge in [0.15, 0.2) is 0 Å². The maximum Gasteiger partial charge on any atom is 1.00 e. The molecule has 0 atom stereocenters.